The molecule has 1 amide bonds. The summed E-state index contributed by atoms with van der Waals surface area (Å²) in [5, 5.41) is 10.9. The molecule has 0 aliphatic carbocycles. The Bertz CT molecular complexity index is 1170. The number of thioether (sulfide) groups is 1. The van der Waals surface area contributed by atoms with Crippen molar-refractivity contribution >= 4 is 35.0 Å². The highest BCUT2D eigenvalue weighted by Crippen LogP contribution is 2.29. The lowest BCUT2D eigenvalue weighted by Crippen LogP contribution is -2.19. The number of nitrogens with zero attached hydrogens (tertiary/aromatic N) is 2. The highest BCUT2D eigenvalue weighted by atomic mass is 32.2. The molecule has 1 heterocycles. The molecule has 0 saturated carbocycles. The highest BCUT2D eigenvalue weighted by Gasteiger charge is 2.25. The van der Waals surface area contributed by atoms with Crippen LogP contribution in [0.2, 0.25) is 0 Å². The maximum Gasteiger partial charge on any atom is 0.331 e. The van der Waals surface area contributed by atoms with Gasteiger partial charge < -0.3 is 14.2 Å². The Labute approximate surface area is 203 Å². The first kappa shape index (κ1) is 25.0. The third-order valence-corrected chi connectivity index (χ3v) is 5.84. The molecule has 8 nitrogen and oxygen atoms in total. The van der Waals surface area contributed by atoms with Gasteiger partial charge in [-0.1, -0.05) is 26.0 Å². The quantitative estimate of drug-likeness (QED) is 0.261. The average Bonchev–Trinajstić information content (AvgIpc) is 3.16. The molecule has 0 bridgehead atoms. The molecule has 0 radical (unpaired) electrons. The zero-order valence-corrected chi connectivity index (χ0v) is 20.6. The average molecular weight is 482 g/mol. The van der Waals surface area contributed by atoms with E-state index in [0.29, 0.717) is 18.3 Å². The van der Waals surface area contributed by atoms with Crippen LogP contribution in [-0.2, 0) is 20.9 Å². The zero-order chi connectivity index (χ0) is 24.7. The van der Waals surface area contributed by atoms with Crippen molar-refractivity contribution in [2.75, 3.05) is 14.2 Å². The van der Waals surface area contributed by atoms with Gasteiger partial charge in [0.2, 0.25) is 0 Å². The van der Waals surface area contributed by atoms with Gasteiger partial charge in [-0.2, -0.15) is 5.10 Å². The van der Waals surface area contributed by atoms with E-state index < -0.39 is 11.9 Å². The molecule has 2 aromatic rings. The summed E-state index contributed by atoms with van der Waals surface area (Å²) in [7, 11) is 2.86. The molecule has 0 unspecified atom stereocenters. The minimum Gasteiger partial charge on any atom is -0.496 e. The Hall–Kier alpha value is -3.59. The third kappa shape index (κ3) is 6.48. The first-order chi connectivity index (χ1) is 16.3. The number of amidine groups is 1. The molecule has 1 fully saturated rings. The van der Waals surface area contributed by atoms with Crippen LogP contribution in [0.4, 0.5) is 0 Å². The number of hydrogen-bond acceptors (Lipinski definition) is 8. The van der Waals surface area contributed by atoms with Gasteiger partial charge in [-0.3, -0.25) is 10.1 Å². The fourth-order valence-corrected chi connectivity index (χ4v) is 3.92. The topological polar surface area (TPSA) is 98.6 Å². The lowest BCUT2D eigenvalue weighted by Gasteiger charge is -2.16. The SMILES string of the molecule is COC(=O)/C=C1/S/C(=N\N=Cc2ccc(OC)c(COc3cc(C)ccc3C(C)C)c2)NC1=O. The summed E-state index contributed by atoms with van der Waals surface area (Å²) in [5.74, 6) is 0.865. The van der Waals surface area contributed by atoms with Gasteiger partial charge in [0, 0.05) is 11.6 Å². The van der Waals surface area contributed by atoms with E-state index in [2.05, 4.69) is 46.2 Å². The van der Waals surface area contributed by atoms with Crippen LogP contribution in [0.15, 0.2) is 57.6 Å². The molecular weight excluding hydrogens is 454 g/mol. The summed E-state index contributed by atoms with van der Waals surface area (Å²) in [5.41, 5.74) is 3.93. The maximum absolute atomic E-state index is 11.9. The van der Waals surface area contributed by atoms with Gasteiger partial charge in [0.15, 0.2) is 5.17 Å². The van der Waals surface area contributed by atoms with Gasteiger partial charge >= 0.3 is 5.97 Å². The second kappa shape index (κ2) is 11.5. The van der Waals surface area contributed by atoms with Crippen LogP contribution in [0.3, 0.4) is 0 Å². The summed E-state index contributed by atoms with van der Waals surface area (Å²) in [6, 6.07) is 11.8. The minimum absolute atomic E-state index is 0.196. The molecule has 0 spiro atoms. The summed E-state index contributed by atoms with van der Waals surface area (Å²) >= 11 is 1.01. The molecule has 9 heteroatoms. The van der Waals surface area contributed by atoms with Gasteiger partial charge in [0.05, 0.1) is 25.3 Å². The molecule has 34 heavy (non-hydrogen) atoms. The van der Waals surface area contributed by atoms with Crippen molar-refractivity contribution in [2.24, 2.45) is 10.2 Å². The Kier molecular flexibility index (Phi) is 8.48. The van der Waals surface area contributed by atoms with Crippen LogP contribution in [0.25, 0.3) is 0 Å². The van der Waals surface area contributed by atoms with Crippen LogP contribution >= 0.6 is 11.8 Å². The number of aryl methyl sites for hydroxylation is 1. The molecule has 1 N–H and O–H groups in total. The van der Waals surface area contributed by atoms with Crippen molar-refractivity contribution in [1.29, 1.82) is 0 Å². The van der Waals surface area contributed by atoms with E-state index in [1.165, 1.54) is 7.11 Å². The van der Waals surface area contributed by atoms with E-state index in [1.54, 1.807) is 13.3 Å². The number of hydrogen-bond donors (Lipinski definition) is 1. The van der Waals surface area contributed by atoms with Crippen LogP contribution in [0.5, 0.6) is 11.5 Å². The smallest absolute Gasteiger partial charge is 0.331 e. The number of esters is 1. The van der Waals surface area contributed by atoms with Crippen molar-refractivity contribution < 1.29 is 23.8 Å². The predicted octanol–water partition coefficient (Wildman–Crippen LogP) is 4.32. The summed E-state index contributed by atoms with van der Waals surface area (Å²) < 4.78 is 16.2. The van der Waals surface area contributed by atoms with Gasteiger partial charge in [-0.05, 0) is 65.6 Å². The van der Waals surface area contributed by atoms with Crippen LogP contribution in [-0.4, -0.2) is 37.5 Å². The van der Waals surface area contributed by atoms with Crippen molar-refractivity contribution in [3.63, 3.8) is 0 Å². The van der Waals surface area contributed by atoms with E-state index >= 15 is 0 Å². The molecule has 1 aliphatic rings. The molecular formula is C25H27N3O5S. The molecule has 2 aromatic carbocycles. The Morgan fingerprint density at radius 3 is 2.65 bits per heavy atom. The van der Waals surface area contributed by atoms with Crippen LogP contribution in [0.1, 0.15) is 42.0 Å². The maximum atomic E-state index is 11.9. The highest BCUT2D eigenvalue weighted by molar-refractivity contribution is 8.18. The minimum atomic E-state index is -0.610. The summed E-state index contributed by atoms with van der Waals surface area (Å²) in [6.45, 7) is 6.64. The number of carbonyl (C=O) groups excluding carboxylic acids is 2. The number of benzene rings is 2. The number of methoxy groups -OCH3 is 2. The normalized spacial score (nSPS) is 15.9. The van der Waals surface area contributed by atoms with E-state index in [9.17, 15) is 9.59 Å². The Balaban J connectivity index is 1.74. The number of amides is 1. The number of rotatable bonds is 8. The Morgan fingerprint density at radius 1 is 1.15 bits per heavy atom. The number of ether oxygens (including phenoxy) is 3. The molecule has 0 atom stereocenters. The molecule has 3 rings (SSSR count). The molecule has 178 valence electrons. The summed E-state index contributed by atoms with van der Waals surface area (Å²) in [4.78, 5) is 23.4. The largest absolute Gasteiger partial charge is 0.496 e. The fourth-order valence-electron chi connectivity index (χ4n) is 3.18. The monoisotopic (exact) mass is 481 g/mol. The summed E-state index contributed by atoms with van der Waals surface area (Å²) in [6.07, 6.45) is 2.68. The Morgan fingerprint density at radius 2 is 1.94 bits per heavy atom. The first-order valence-corrected chi connectivity index (χ1v) is 11.4. The molecule has 1 saturated heterocycles. The second-order valence-electron chi connectivity index (χ2n) is 7.79. The standard InChI is InChI=1S/C25H27N3O5S/c1-15(2)19-8-6-16(3)10-21(19)33-14-18-11-17(7-9-20(18)31-4)13-26-28-25-27-24(30)22(34-25)12-23(29)32-5/h6-13,15H,14H2,1-5H3,(H,27,28,30)/b22-12+,26-13?. The van der Waals surface area contributed by atoms with Crippen molar-refractivity contribution in [2.45, 2.75) is 33.3 Å². The number of nitrogens with one attached hydrogen (secondary N) is 1. The van der Waals surface area contributed by atoms with Crippen molar-refractivity contribution in [3.05, 3.63) is 69.6 Å². The van der Waals surface area contributed by atoms with E-state index in [4.69, 9.17) is 9.47 Å². The van der Waals surface area contributed by atoms with Crippen LogP contribution < -0.4 is 14.8 Å². The molecule has 1 aliphatic heterocycles. The van der Waals surface area contributed by atoms with Gasteiger partial charge in [-0.25, -0.2) is 4.79 Å². The lowest BCUT2D eigenvalue weighted by atomic mass is 10.0. The van der Waals surface area contributed by atoms with Gasteiger partial charge in [0.1, 0.15) is 18.1 Å². The van der Waals surface area contributed by atoms with E-state index in [1.807, 2.05) is 31.2 Å². The number of carbonyl (C=O) groups is 2. The van der Waals surface area contributed by atoms with E-state index in [-0.39, 0.29) is 10.1 Å². The van der Waals surface area contributed by atoms with Crippen molar-refractivity contribution in [3.8, 4) is 11.5 Å². The predicted molar refractivity (Wildman–Crippen MR) is 133 cm³/mol. The van der Waals surface area contributed by atoms with Gasteiger partial charge in [0.25, 0.3) is 5.91 Å². The second-order valence-corrected chi connectivity index (χ2v) is 8.82. The third-order valence-electron chi connectivity index (χ3n) is 4.94. The van der Waals surface area contributed by atoms with Crippen molar-refractivity contribution in [1.82, 2.24) is 5.32 Å². The lowest BCUT2D eigenvalue weighted by molar-refractivity contribution is -0.135. The van der Waals surface area contributed by atoms with Crippen LogP contribution in [0, 0.1) is 6.92 Å². The zero-order valence-electron chi connectivity index (χ0n) is 19.7. The van der Waals surface area contributed by atoms with E-state index in [0.717, 1.165) is 45.8 Å². The first-order valence-electron chi connectivity index (χ1n) is 10.6. The van der Waals surface area contributed by atoms with Gasteiger partial charge in [-0.15, -0.1) is 5.10 Å². The molecule has 0 aromatic heterocycles. The fraction of sp³-hybridized carbons (Fsp3) is 0.280.